The topological polar surface area (TPSA) is 81.7 Å². The van der Waals surface area contributed by atoms with E-state index in [0.717, 1.165) is 0 Å². The third-order valence-electron chi connectivity index (χ3n) is 3.69. The van der Waals surface area contributed by atoms with Crippen LogP contribution >= 0.6 is 11.6 Å². The molecule has 2 aromatic rings. The van der Waals surface area contributed by atoms with E-state index in [1.165, 1.54) is 20.1 Å². The van der Waals surface area contributed by atoms with Gasteiger partial charge in [-0.1, -0.05) is 35.9 Å². The lowest BCUT2D eigenvalue weighted by Gasteiger charge is -2.08. The Hall–Kier alpha value is -2.96. The van der Waals surface area contributed by atoms with Crippen molar-refractivity contribution in [3.05, 3.63) is 70.3 Å². The maximum absolute atomic E-state index is 12.4. The summed E-state index contributed by atoms with van der Waals surface area (Å²) in [6.45, 7) is 1.57. The Bertz CT molecular complexity index is 907. The number of carbonyl (C=O) groups is 3. The molecule has 0 aliphatic rings. The van der Waals surface area contributed by atoms with Crippen LogP contribution < -0.4 is 5.32 Å². The molecule has 28 heavy (non-hydrogen) atoms. The first-order valence-corrected chi connectivity index (χ1v) is 8.85. The summed E-state index contributed by atoms with van der Waals surface area (Å²) in [7, 11) is 1.48. The van der Waals surface area contributed by atoms with Gasteiger partial charge in [0.15, 0.2) is 5.78 Å². The number of esters is 1. The first kappa shape index (κ1) is 21.3. The average molecular weight is 402 g/mol. The molecule has 0 radical (unpaired) electrons. The molecule has 0 bridgehead atoms. The van der Waals surface area contributed by atoms with Crippen LogP contribution in [-0.4, -0.2) is 38.0 Å². The fourth-order valence-corrected chi connectivity index (χ4v) is 2.54. The van der Waals surface area contributed by atoms with Crippen LogP contribution in [0.2, 0.25) is 5.02 Å². The van der Waals surface area contributed by atoms with Gasteiger partial charge in [0.25, 0.3) is 5.91 Å². The number of carbonyl (C=O) groups excluding carboxylic acids is 3. The van der Waals surface area contributed by atoms with E-state index in [-0.39, 0.29) is 24.7 Å². The first-order valence-electron chi connectivity index (χ1n) is 8.47. The van der Waals surface area contributed by atoms with E-state index in [1.807, 2.05) is 0 Å². The van der Waals surface area contributed by atoms with Gasteiger partial charge in [0.05, 0.1) is 17.2 Å². The van der Waals surface area contributed by atoms with E-state index >= 15 is 0 Å². The van der Waals surface area contributed by atoms with Gasteiger partial charge in [-0.15, -0.1) is 0 Å². The van der Waals surface area contributed by atoms with Crippen molar-refractivity contribution >= 4 is 41.0 Å². The minimum Gasteiger partial charge on any atom is -0.460 e. The Balaban J connectivity index is 2.19. The number of Topliss-reactive ketones (excluding diaryl/α,β-unsaturated/α-hetero) is 1. The molecule has 1 N–H and O–H groups in total. The molecular formula is C21H20ClNO5. The number of halogens is 1. The zero-order chi connectivity index (χ0) is 20.5. The lowest BCUT2D eigenvalue weighted by molar-refractivity contribution is -0.141. The van der Waals surface area contributed by atoms with Gasteiger partial charge in [0.2, 0.25) is 0 Å². The molecule has 0 aliphatic heterocycles. The minimum atomic E-state index is -0.727. The number of anilines is 1. The van der Waals surface area contributed by atoms with Gasteiger partial charge in [-0.2, -0.15) is 0 Å². The van der Waals surface area contributed by atoms with Gasteiger partial charge in [-0.25, -0.2) is 4.79 Å². The zero-order valence-electron chi connectivity index (χ0n) is 15.5. The number of ether oxygens (including phenoxy) is 2. The van der Waals surface area contributed by atoms with E-state index in [4.69, 9.17) is 21.1 Å². The summed E-state index contributed by atoms with van der Waals surface area (Å²) < 4.78 is 9.82. The van der Waals surface area contributed by atoms with Gasteiger partial charge in [0.1, 0.15) is 12.2 Å². The summed E-state index contributed by atoms with van der Waals surface area (Å²) in [6.07, 6.45) is 1.42. The number of methoxy groups -OCH3 is 1. The number of benzene rings is 2. The highest BCUT2D eigenvalue weighted by Gasteiger charge is 2.16. The third-order valence-corrected chi connectivity index (χ3v) is 4.02. The van der Waals surface area contributed by atoms with E-state index in [0.29, 0.717) is 21.8 Å². The average Bonchev–Trinajstić information content (AvgIpc) is 2.66. The summed E-state index contributed by atoms with van der Waals surface area (Å²) in [5.41, 5.74) is 1.31. The van der Waals surface area contributed by atoms with Crippen LogP contribution in [0.3, 0.4) is 0 Å². The molecule has 0 saturated carbocycles. The van der Waals surface area contributed by atoms with Crippen LogP contribution in [0.4, 0.5) is 5.69 Å². The van der Waals surface area contributed by atoms with Crippen molar-refractivity contribution in [2.75, 3.05) is 25.6 Å². The van der Waals surface area contributed by atoms with Crippen molar-refractivity contribution in [1.29, 1.82) is 0 Å². The second-order valence-corrected chi connectivity index (χ2v) is 6.21. The molecule has 0 spiro atoms. The summed E-state index contributed by atoms with van der Waals surface area (Å²) in [4.78, 5) is 36.3. The molecule has 1 amide bonds. The summed E-state index contributed by atoms with van der Waals surface area (Å²) in [5, 5.41) is 3.08. The number of hydrogen-bond donors (Lipinski definition) is 1. The largest absolute Gasteiger partial charge is 0.460 e. The first-order chi connectivity index (χ1) is 13.4. The SMILES string of the molecule is COCCOC(=O)/C(=C/c1cccc(NC(=O)c2ccccc2Cl)c1)C(C)=O. The molecule has 0 atom stereocenters. The van der Waals surface area contributed by atoms with Gasteiger partial charge in [-0.05, 0) is 42.8 Å². The predicted molar refractivity (Wildman–Crippen MR) is 107 cm³/mol. The third kappa shape index (κ3) is 6.04. The molecule has 146 valence electrons. The second kappa shape index (κ2) is 10.4. The Morgan fingerprint density at radius 3 is 2.50 bits per heavy atom. The molecule has 0 aliphatic carbocycles. The molecule has 2 aromatic carbocycles. The predicted octanol–water partition coefficient (Wildman–Crippen LogP) is 3.75. The quantitative estimate of drug-likeness (QED) is 0.239. The summed E-state index contributed by atoms with van der Waals surface area (Å²) >= 11 is 6.04. The highest BCUT2D eigenvalue weighted by molar-refractivity contribution is 6.34. The van der Waals surface area contributed by atoms with E-state index in [9.17, 15) is 14.4 Å². The number of rotatable bonds is 8. The lowest BCUT2D eigenvalue weighted by Crippen LogP contribution is -2.16. The van der Waals surface area contributed by atoms with Crippen molar-refractivity contribution in [2.45, 2.75) is 6.92 Å². The monoisotopic (exact) mass is 401 g/mol. The number of nitrogens with one attached hydrogen (secondary N) is 1. The molecule has 0 aromatic heterocycles. The Morgan fingerprint density at radius 2 is 1.82 bits per heavy atom. The molecular weight excluding hydrogens is 382 g/mol. The summed E-state index contributed by atoms with van der Waals surface area (Å²) in [5.74, 6) is -1.51. The molecule has 7 heteroatoms. The maximum Gasteiger partial charge on any atom is 0.341 e. The van der Waals surface area contributed by atoms with Crippen molar-refractivity contribution < 1.29 is 23.9 Å². The summed E-state index contributed by atoms with van der Waals surface area (Å²) in [6, 6.07) is 13.4. The Kier molecular flexibility index (Phi) is 7.92. The molecule has 0 fully saturated rings. The van der Waals surface area contributed by atoms with E-state index in [1.54, 1.807) is 48.5 Å². The minimum absolute atomic E-state index is 0.0495. The Morgan fingerprint density at radius 1 is 1.07 bits per heavy atom. The normalized spacial score (nSPS) is 11.0. The van der Waals surface area contributed by atoms with Crippen LogP contribution in [0.5, 0.6) is 0 Å². The van der Waals surface area contributed by atoms with Crippen LogP contribution in [-0.2, 0) is 19.1 Å². The molecule has 0 saturated heterocycles. The smallest absolute Gasteiger partial charge is 0.341 e. The van der Waals surface area contributed by atoms with E-state index < -0.39 is 11.8 Å². The standard InChI is InChI=1S/C21H20ClNO5/c1-14(24)18(21(26)28-11-10-27-2)13-15-6-5-7-16(12-15)23-20(25)17-8-3-4-9-19(17)22/h3-9,12-13H,10-11H2,1-2H3,(H,23,25)/b18-13+. The van der Waals surface area contributed by atoms with Crippen LogP contribution in [0.1, 0.15) is 22.8 Å². The van der Waals surface area contributed by atoms with Crippen molar-refractivity contribution in [3.8, 4) is 0 Å². The fourth-order valence-electron chi connectivity index (χ4n) is 2.32. The van der Waals surface area contributed by atoms with Gasteiger partial charge < -0.3 is 14.8 Å². The van der Waals surface area contributed by atoms with Crippen molar-refractivity contribution in [1.82, 2.24) is 0 Å². The van der Waals surface area contributed by atoms with Crippen molar-refractivity contribution in [2.24, 2.45) is 0 Å². The highest BCUT2D eigenvalue weighted by atomic mass is 35.5. The van der Waals surface area contributed by atoms with Crippen LogP contribution in [0, 0.1) is 0 Å². The van der Waals surface area contributed by atoms with Gasteiger partial charge in [-0.3, -0.25) is 9.59 Å². The molecule has 2 rings (SSSR count). The second-order valence-electron chi connectivity index (χ2n) is 5.80. The Labute approximate surface area is 168 Å². The number of ketones is 1. The zero-order valence-corrected chi connectivity index (χ0v) is 16.3. The molecule has 0 unspecified atom stereocenters. The highest BCUT2D eigenvalue weighted by Crippen LogP contribution is 2.19. The van der Waals surface area contributed by atoms with Crippen LogP contribution in [0.15, 0.2) is 54.1 Å². The van der Waals surface area contributed by atoms with Gasteiger partial charge >= 0.3 is 5.97 Å². The van der Waals surface area contributed by atoms with Crippen molar-refractivity contribution in [3.63, 3.8) is 0 Å². The maximum atomic E-state index is 12.4. The van der Waals surface area contributed by atoms with Crippen LogP contribution in [0.25, 0.3) is 6.08 Å². The number of amides is 1. The number of hydrogen-bond acceptors (Lipinski definition) is 5. The lowest BCUT2D eigenvalue weighted by atomic mass is 10.1. The fraction of sp³-hybridized carbons (Fsp3) is 0.190. The molecule has 0 heterocycles. The van der Waals surface area contributed by atoms with E-state index in [2.05, 4.69) is 5.32 Å². The van der Waals surface area contributed by atoms with Gasteiger partial charge in [0, 0.05) is 12.8 Å². The molecule has 6 nitrogen and oxygen atoms in total.